The number of benzene rings is 1. The first-order valence-electron chi connectivity index (χ1n) is 6.07. The minimum absolute atomic E-state index is 0.0467. The van der Waals surface area contributed by atoms with Gasteiger partial charge < -0.3 is 9.47 Å². The SMILES string of the molecule is COC(=O)CCCCCOc1ccc([N+](=O)[O-])cc1. The lowest BCUT2D eigenvalue weighted by molar-refractivity contribution is -0.384. The maximum absolute atomic E-state index is 10.8. The average Bonchev–Trinajstić information content (AvgIpc) is 2.42. The summed E-state index contributed by atoms with van der Waals surface area (Å²) in [6.45, 7) is 0.527. The summed E-state index contributed by atoms with van der Waals surface area (Å²) in [5.41, 5.74) is 0.0467. The number of unbranched alkanes of at least 4 members (excludes halogenated alkanes) is 2. The summed E-state index contributed by atoms with van der Waals surface area (Å²) in [5, 5.41) is 10.5. The molecule has 0 aliphatic rings. The third kappa shape index (κ3) is 5.85. The Labute approximate surface area is 111 Å². The van der Waals surface area contributed by atoms with Crippen LogP contribution in [0.1, 0.15) is 25.7 Å². The van der Waals surface area contributed by atoms with Crippen LogP contribution in [0.2, 0.25) is 0 Å². The Hall–Kier alpha value is -2.11. The Bertz CT molecular complexity index is 416. The fraction of sp³-hybridized carbons (Fsp3) is 0.462. The number of non-ortho nitro benzene ring substituents is 1. The molecule has 0 heterocycles. The summed E-state index contributed by atoms with van der Waals surface area (Å²) in [5.74, 6) is 0.412. The third-order valence-electron chi connectivity index (χ3n) is 2.57. The molecule has 0 saturated heterocycles. The summed E-state index contributed by atoms with van der Waals surface area (Å²) in [6, 6.07) is 5.97. The predicted molar refractivity (Wildman–Crippen MR) is 69.1 cm³/mol. The van der Waals surface area contributed by atoms with Crippen molar-refractivity contribution in [1.29, 1.82) is 0 Å². The van der Waals surface area contributed by atoms with Gasteiger partial charge in [-0.3, -0.25) is 14.9 Å². The molecule has 1 rings (SSSR count). The van der Waals surface area contributed by atoms with Gasteiger partial charge in [-0.2, -0.15) is 0 Å². The van der Waals surface area contributed by atoms with E-state index >= 15 is 0 Å². The molecule has 0 amide bonds. The molecule has 1 aromatic carbocycles. The van der Waals surface area contributed by atoms with Gasteiger partial charge in [-0.15, -0.1) is 0 Å². The van der Waals surface area contributed by atoms with Crippen LogP contribution in [-0.4, -0.2) is 24.6 Å². The highest BCUT2D eigenvalue weighted by Gasteiger charge is 2.04. The Kier molecular flexibility index (Phi) is 6.35. The lowest BCUT2D eigenvalue weighted by Crippen LogP contribution is -2.01. The van der Waals surface area contributed by atoms with Gasteiger partial charge in [0.15, 0.2) is 0 Å². The Morgan fingerprint density at radius 2 is 1.89 bits per heavy atom. The molecule has 0 unspecified atom stereocenters. The molecular formula is C13H17NO5. The molecule has 0 bridgehead atoms. The standard InChI is InChI=1S/C13H17NO5/c1-18-13(15)5-3-2-4-10-19-12-8-6-11(7-9-12)14(16)17/h6-9H,2-5,10H2,1H3. The fourth-order valence-corrected chi connectivity index (χ4v) is 1.50. The Balaban J connectivity index is 2.15. The number of carbonyl (C=O) groups is 1. The number of rotatable bonds is 8. The number of nitro groups is 1. The second kappa shape index (κ2) is 8.07. The second-order valence-electron chi connectivity index (χ2n) is 3.99. The molecule has 0 aliphatic heterocycles. The second-order valence-corrected chi connectivity index (χ2v) is 3.99. The maximum atomic E-state index is 10.8. The van der Waals surface area contributed by atoms with Gasteiger partial charge >= 0.3 is 5.97 Å². The molecule has 0 saturated carbocycles. The zero-order chi connectivity index (χ0) is 14.1. The van der Waals surface area contributed by atoms with Gasteiger partial charge in [-0.05, 0) is 31.4 Å². The summed E-state index contributed by atoms with van der Waals surface area (Å²) >= 11 is 0. The van der Waals surface area contributed by atoms with E-state index in [-0.39, 0.29) is 11.7 Å². The summed E-state index contributed by atoms with van der Waals surface area (Å²) in [4.78, 5) is 20.8. The largest absolute Gasteiger partial charge is 0.494 e. The number of hydrogen-bond donors (Lipinski definition) is 0. The molecule has 0 aliphatic carbocycles. The first-order chi connectivity index (χ1) is 9.13. The predicted octanol–water partition coefficient (Wildman–Crippen LogP) is 2.71. The number of nitro benzene ring substituents is 1. The van der Waals surface area contributed by atoms with E-state index < -0.39 is 4.92 Å². The van der Waals surface area contributed by atoms with Crippen LogP contribution >= 0.6 is 0 Å². The molecule has 0 fully saturated rings. The Morgan fingerprint density at radius 3 is 2.47 bits per heavy atom. The van der Waals surface area contributed by atoms with Crippen molar-refractivity contribution in [3.05, 3.63) is 34.4 Å². The summed E-state index contributed by atoms with van der Waals surface area (Å²) < 4.78 is 9.97. The summed E-state index contributed by atoms with van der Waals surface area (Å²) in [7, 11) is 1.38. The van der Waals surface area contributed by atoms with Crippen LogP contribution in [0.4, 0.5) is 5.69 Å². The molecule has 6 heteroatoms. The van der Waals surface area contributed by atoms with Crippen molar-refractivity contribution >= 4 is 11.7 Å². The van der Waals surface area contributed by atoms with Gasteiger partial charge in [-0.1, -0.05) is 0 Å². The van der Waals surface area contributed by atoms with E-state index in [4.69, 9.17) is 4.74 Å². The minimum atomic E-state index is -0.448. The normalized spacial score (nSPS) is 9.95. The Morgan fingerprint density at radius 1 is 1.21 bits per heavy atom. The molecule has 6 nitrogen and oxygen atoms in total. The van der Waals surface area contributed by atoms with Gasteiger partial charge in [-0.25, -0.2) is 0 Å². The van der Waals surface area contributed by atoms with Gasteiger partial charge in [0, 0.05) is 18.6 Å². The van der Waals surface area contributed by atoms with Crippen molar-refractivity contribution in [2.24, 2.45) is 0 Å². The van der Waals surface area contributed by atoms with Crippen LogP contribution in [0.25, 0.3) is 0 Å². The van der Waals surface area contributed by atoms with Crippen molar-refractivity contribution in [1.82, 2.24) is 0 Å². The number of esters is 1. The van der Waals surface area contributed by atoms with Gasteiger partial charge in [0.05, 0.1) is 18.6 Å². The smallest absolute Gasteiger partial charge is 0.305 e. The molecule has 0 N–H and O–H groups in total. The molecule has 0 aromatic heterocycles. The van der Waals surface area contributed by atoms with Gasteiger partial charge in [0.25, 0.3) is 5.69 Å². The van der Waals surface area contributed by atoms with E-state index in [0.717, 1.165) is 19.3 Å². The van der Waals surface area contributed by atoms with Crippen LogP contribution in [0.5, 0.6) is 5.75 Å². The number of nitrogens with zero attached hydrogens (tertiary/aromatic N) is 1. The van der Waals surface area contributed by atoms with Crippen LogP contribution in [0, 0.1) is 10.1 Å². The average molecular weight is 267 g/mol. The van der Waals surface area contributed by atoms with E-state index in [1.165, 1.54) is 19.2 Å². The van der Waals surface area contributed by atoms with E-state index in [1.807, 2.05) is 0 Å². The number of ether oxygens (including phenoxy) is 2. The van der Waals surface area contributed by atoms with Crippen LogP contribution in [0.15, 0.2) is 24.3 Å². The molecule has 104 valence electrons. The highest BCUT2D eigenvalue weighted by Crippen LogP contribution is 2.17. The number of carbonyl (C=O) groups excluding carboxylic acids is 1. The van der Waals surface area contributed by atoms with E-state index in [2.05, 4.69) is 4.74 Å². The van der Waals surface area contributed by atoms with Gasteiger partial charge in [0.2, 0.25) is 0 Å². The minimum Gasteiger partial charge on any atom is -0.494 e. The number of hydrogen-bond acceptors (Lipinski definition) is 5. The quantitative estimate of drug-likeness (QED) is 0.313. The number of methoxy groups -OCH3 is 1. The molecule has 0 radical (unpaired) electrons. The monoisotopic (exact) mass is 267 g/mol. The van der Waals surface area contributed by atoms with E-state index in [1.54, 1.807) is 12.1 Å². The zero-order valence-electron chi connectivity index (χ0n) is 10.8. The zero-order valence-corrected chi connectivity index (χ0v) is 10.8. The van der Waals surface area contributed by atoms with Crippen LogP contribution < -0.4 is 4.74 Å². The maximum Gasteiger partial charge on any atom is 0.305 e. The molecular weight excluding hydrogens is 250 g/mol. The first kappa shape index (κ1) is 14.9. The highest BCUT2D eigenvalue weighted by molar-refractivity contribution is 5.68. The van der Waals surface area contributed by atoms with Crippen molar-refractivity contribution in [2.45, 2.75) is 25.7 Å². The molecule has 19 heavy (non-hydrogen) atoms. The van der Waals surface area contributed by atoms with Crippen molar-refractivity contribution in [3.8, 4) is 5.75 Å². The lowest BCUT2D eigenvalue weighted by atomic mass is 10.2. The van der Waals surface area contributed by atoms with Gasteiger partial charge in [0.1, 0.15) is 5.75 Å². The third-order valence-corrected chi connectivity index (χ3v) is 2.57. The van der Waals surface area contributed by atoms with E-state index in [0.29, 0.717) is 18.8 Å². The molecule has 0 spiro atoms. The highest BCUT2D eigenvalue weighted by atomic mass is 16.6. The van der Waals surface area contributed by atoms with E-state index in [9.17, 15) is 14.9 Å². The summed E-state index contributed by atoms with van der Waals surface area (Å²) in [6.07, 6.45) is 2.90. The van der Waals surface area contributed by atoms with Crippen LogP contribution in [0.3, 0.4) is 0 Å². The molecule has 1 aromatic rings. The molecule has 0 atom stereocenters. The lowest BCUT2D eigenvalue weighted by Gasteiger charge is -2.05. The van der Waals surface area contributed by atoms with Crippen molar-refractivity contribution in [3.63, 3.8) is 0 Å². The fourth-order valence-electron chi connectivity index (χ4n) is 1.50. The topological polar surface area (TPSA) is 78.7 Å². The van der Waals surface area contributed by atoms with Crippen molar-refractivity contribution < 1.29 is 19.2 Å². The van der Waals surface area contributed by atoms with Crippen LogP contribution in [-0.2, 0) is 9.53 Å². The first-order valence-corrected chi connectivity index (χ1v) is 6.07. The van der Waals surface area contributed by atoms with Crippen molar-refractivity contribution in [2.75, 3.05) is 13.7 Å².